The number of anilines is 4. The third-order valence-electron chi connectivity index (χ3n) is 3.72. The molecule has 0 saturated heterocycles. The van der Waals surface area contributed by atoms with Crippen molar-refractivity contribution in [3.8, 4) is 0 Å². The number of fused-ring (bicyclic) bond motifs is 1. The molecule has 0 saturated carbocycles. The highest BCUT2D eigenvalue weighted by atomic mass is 15.3. The van der Waals surface area contributed by atoms with Crippen LogP contribution >= 0.6 is 0 Å². The standard InChI is InChI=1S/C17H15N5/c1-2-7-14(8-3-1)19-16-12-18-21-17(20-16)22-11-10-13-6-4-5-9-15(13)22/h1-9,12H,10-11H2,(H,19,20,21). The Balaban J connectivity index is 1.63. The molecule has 0 spiro atoms. The summed E-state index contributed by atoms with van der Waals surface area (Å²) in [5, 5.41) is 11.5. The molecule has 0 radical (unpaired) electrons. The van der Waals surface area contributed by atoms with E-state index in [0.717, 1.165) is 18.7 Å². The molecular formula is C17H15N5. The summed E-state index contributed by atoms with van der Waals surface area (Å²) in [6.07, 6.45) is 2.65. The Morgan fingerprint density at radius 3 is 2.68 bits per heavy atom. The lowest BCUT2D eigenvalue weighted by atomic mass is 10.2. The molecular weight excluding hydrogens is 274 g/mol. The average Bonchev–Trinajstić information content (AvgIpc) is 3.00. The van der Waals surface area contributed by atoms with E-state index in [2.05, 4.69) is 43.6 Å². The van der Waals surface area contributed by atoms with Crippen LogP contribution in [0.5, 0.6) is 0 Å². The Labute approximate surface area is 128 Å². The lowest BCUT2D eigenvalue weighted by molar-refractivity contribution is 0.887. The van der Waals surface area contributed by atoms with Gasteiger partial charge in [-0.2, -0.15) is 10.1 Å². The third kappa shape index (κ3) is 2.37. The quantitative estimate of drug-likeness (QED) is 0.801. The molecule has 0 bridgehead atoms. The first-order valence-corrected chi connectivity index (χ1v) is 7.27. The van der Waals surface area contributed by atoms with E-state index in [1.165, 1.54) is 11.3 Å². The maximum Gasteiger partial charge on any atom is 0.251 e. The maximum atomic E-state index is 4.59. The minimum Gasteiger partial charge on any atom is -0.339 e. The summed E-state index contributed by atoms with van der Waals surface area (Å²) in [4.78, 5) is 6.70. The van der Waals surface area contributed by atoms with E-state index in [0.29, 0.717) is 11.8 Å². The van der Waals surface area contributed by atoms with Crippen LogP contribution in [-0.2, 0) is 6.42 Å². The van der Waals surface area contributed by atoms with Crippen molar-refractivity contribution in [3.63, 3.8) is 0 Å². The molecule has 5 nitrogen and oxygen atoms in total. The Morgan fingerprint density at radius 1 is 0.955 bits per heavy atom. The highest BCUT2D eigenvalue weighted by Gasteiger charge is 2.22. The number of hydrogen-bond acceptors (Lipinski definition) is 5. The van der Waals surface area contributed by atoms with Crippen molar-refractivity contribution >= 4 is 23.1 Å². The first-order chi connectivity index (χ1) is 10.9. The van der Waals surface area contributed by atoms with E-state index in [1.54, 1.807) is 6.20 Å². The first-order valence-electron chi connectivity index (χ1n) is 7.27. The lowest BCUT2D eigenvalue weighted by Gasteiger charge is -2.17. The SMILES string of the molecule is c1ccc(Nc2cnnc(N3CCc4ccccc43)n2)cc1. The topological polar surface area (TPSA) is 53.9 Å². The van der Waals surface area contributed by atoms with E-state index < -0.39 is 0 Å². The smallest absolute Gasteiger partial charge is 0.251 e. The highest BCUT2D eigenvalue weighted by molar-refractivity contribution is 5.66. The summed E-state index contributed by atoms with van der Waals surface area (Å²) in [6.45, 7) is 0.885. The van der Waals surface area contributed by atoms with Gasteiger partial charge >= 0.3 is 0 Å². The molecule has 3 aromatic rings. The van der Waals surface area contributed by atoms with Gasteiger partial charge in [0.05, 0.1) is 6.20 Å². The Kier molecular flexibility index (Phi) is 3.16. The van der Waals surface area contributed by atoms with Crippen molar-refractivity contribution in [1.29, 1.82) is 0 Å². The molecule has 5 heteroatoms. The molecule has 108 valence electrons. The zero-order valence-corrected chi connectivity index (χ0v) is 12.0. The van der Waals surface area contributed by atoms with Crippen LogP contribution in [-0.4, -0.2) is 21.7 Å². The van der Waals surface area contributed by atoms with Crippen LogP contribution in [0.1, 0.15) is 5.56 Å². The molecule has 0 fully saturated rings. The summed E-state index contributed by atoms with van der Waals surface area (Å²) in [6, 6.07) is 18.3. The summed E-state index contributed by atoms with van der Waals surface area (Å²) in [5.74, 6) is 1.33. The van der Waals surface area contributed by atoms with E-state index in [1.807, 2.05) is 36.4 Å². The van der Waals surface area contributed by atoms with Gasteiger partial charge in [-0.15, -0.1) is 5.10 Å². The minimum absolute atomic E-state index is 0.630. The summed E-state index contributed by atoms with van der Waals surface area (Å²) >= 11 is 0. The Hall–Kier alpha value is -2.95. The van der Waals surface area contributed by atoms with Crippen LogP contribution in [0.3, 0.4) is 0 Å². The lowest BCUT2D eigenvalue weighted by Crippen LogP contribution is -2.17. The second kappa shape index (κ2) is 5.44. The van der Waals surface area contributed by atoms with Gasteiger partial charge in [0.1, 0.15) is 0 Å². The molecule has 0 amide bonds. The van der Waals surface area contributed by atoms with Gasteiger partial charge in [0.15, 0.2) is 5.82 Å². The van der Waals surface area contributed by atoms with E-state index in [-0.39, 0.29) is 0 Å². The fraction of sp³-hybridized carbons (Fsp3) is 0.118. The van der Waals surface area contributed by atoms with E-state index in [9.17, 15) is 0 Å². The summed E-state index contributed by atoms with van der Waals surface area (Å²) in [5.41, 5.74) is 3.48. The molecule has 0 aliphatic carbocycles. The first kappa shape index (κ1) is 12.8. The zero-order chi connectivity index (χ0) is 14.8. The van der Waals surface area contributed by atoms with Crippen molar-refractivity contribution in [1.82, 2.24) is 15.2 Å². The van der Waals surface area contributed by atoms with Crippen LogP contribution in [0.2, 0.25) is 0 Å². The van der Waals surface area contributed by atoms with Gasteiger partial charge in [0.2, 0.25) is 0 Å². The fourth-order valence-electron chi connectivity index (χ4n) is 2.68. The highest BCUT2D eigenvalue weighted by Crippen LogP contribution is 2.32. The average molecular weight is 289 g/mol. The van der Waals surface area contributed by atoms with Gasteiger partial charge in [0.25, 0.3) is 5.95 Å². The number of nitrogens with one attached hydrogen (secondary N) is 1. The van der Waals surface area contributed by atoms with E-state index in [4.69, 9.17) is 0 Å². The molecule has 2 aromatic carbocycles. The Morgan fingerprint density at radius 2 is 1.77 bits per heavy atom. The van der Waals surface area contributed by atoms with Crippen molar-refractivity contribution in [2.24, 2.45) is 0 Å². The predicted molar refractivity (Wildman–Crippen MR) is 86.7 cm³/mol. The second-order valence-electron chi connectivity index (χ2n) is 5.16. The van der Waals surface area contributed by atoms with Gasteiger partial charge in [-0.25, -0.2) is 0 Å². The van der Waals surface area contributed by atoms with Gasteiger partial charge in [-0.05, 0) is 30.2 Å². The minimum atomic E-state index is 0.630. The number of benzene rings is 2. The monoisotopic (exact) mass is 289 g/mol. The maximum absolute atomic E-state index is 4.59. The van der Waals surface area contributed by atoms with Gasteiger partial charge in [-0.3, -0.25) is 0 Å². The predicted octanol–water partition coefficient (Wildman–Crippen LogP) is 3.31. The largest absolute Gasteiger partial charge is 0.339 e. The molecule has 4 rings (SSSR count). The van der Waals surface area contributed by atoms with Crippen LogP contribution in [0.25, 0.3) is 0 Å². The van der Waals surface area contributed by atoms with Gasteiger partial charge in [-0.1, -0.05) is 36.4 Å². The number of para-hydroxylation sites is 2. The van der Waals surface area contributed by atoms with Crippen LogP contribution in [0, 0.1) is 0 Å². The van der Waals surface area contributed by atoms with Crippen LogP contribution in [0.4, 0.5) is 23.1 Å². The molecule has 1 aromatic heterocycles. The molecule has 1 N–H and O–H groups in total. The van der Waals surface area contributed by atoms with Crippen molar-refractivity contribution in [3.05, 3.63) is 66.4 Å². The summed E-state index contributed by atoms with van der Waals surface area (Å²) < 4.78 is 0. The Bertz CT molecular complexity index is 788. The molecule has 0 atom stereocenters. The number of hydrogen-bond donors (Lipinski definition) is 1. The fourth-order valence-corrected chi connectivity index (χ4v) is 2.68. The zero-order valence-electron chi connectivity index (χ0n) is 12.0. The molecule has 0 unspecified atom stereocenters. The second-order valence-corrected chi connectivity index (χ2v) is 5.16. The summed E-state index contributed by atoms with van der Waals surface area (Å²) in [7, 11) is 0. The van der Waals surface area contributed by atoms with Crippen molar-refractivity contribution < 1.29 is 0 Å². The number of aromatic nitrogens is 3. The number of rotatable bonds is 3. The van der Waals surface area contributed by atoms with Gasteiger partial charge in [0, 0.05) is 17.9 Å². The number of nitrogens with zero attached hydrogens (tertiary/aromatic N) is 4. The molecule has 1 aliphatic heterocycles. The molecule has 22 heavy (non-hydrogen) atoms. The van der Waals surface area contributed by atoms with Crippen molar-refractivity contribution in [2.75, 3.05) is 16.8 Å². The molecule has 2 heterocycles. The van der Waals surface area contributed by atoms with Crippen molar-refractivity contribution in [2.45, 2.75) is 6.42 Å². The third-order valence-corrected chi connectivity index (χ3v) is 3.72. The van der Waals surface area contributed by atoms with Gasteiger partial charge < -0.3 is 10.2 Å². The molecule has 1 aliphatic rings. The normalized spacial score (nSPS) is 13.0. The van der Waals surface area contributed by atoms with Crippen LogP contribution in [0.15, 0.2) is 60.8 Å². The van der Waals surface area contributed by atoms with E-state index >= 15 is 0 Å². The van der Waals surface area contributed by atoms with Crippen LogP contribution < -0.4 is 10.2 Å².